The van der Waals surface area contributed by atoms with Gasteiger partial charge in [0.15, 0.2) is 11.6 Å². The van der Waals surface area contributed by atoms with Crippen LogP contribution in [-0.2, 0) is 0 Å². The zero-order valence-electron chi connectivity index (χ0n) is 10.5. The van der Waals surface area contributed by atoms with Gasteiger partial charge < -0.3 is 16.0 Å². The summed E-state index contributed by atoms with van der Waals surface area (Å²) in [4.78, 5) is 10.0. The molecular formula is C12H13Cl2N5. The molecule has 0 spiro atoms. The van der Waals surface area contributed by atoms with Crippen LogP contribution >= 0.6 is 23.2 Å². The Morgan fingerprint density at radius 3 is 2.63 bits per heavy atom. The minimum atomic E-state index is 0.448. The smallest absolute Gasteiger partial charge is 0.159 e. The van der Waals surface area contributed by atoms with E-state index < -0.39 is 0 Å². The van der Waals surface area contributed by atoms with E-state index in [0.29, 0.717) is 33.1 Å². The molecule has 100 valence electrons. The fraction of sp³-hybridized carbons (Fsp3) is 0.167. The van der Waals surface area contributed by atoms with Crippen LogP contribution in [0, 0.1) is 0 Å². The number of halogens is 2. The summed E-state index contributed by atoms with van der Waals surface area (Å²) in [6.45, 7) is 0. The van der Waals surface area contributed by atoms with Crippen LogP contribution in [-0.4, -0.2) is 24.1 Å². The number of aromatic nitrogens is 2. The maximum Gasteiger partial charge on any atom is 0.159 e. The molecule has 0 bridgehead atoms. The van der Waals surface area contributed by atoms with E-state index in [1.807, 2.05) is 19.0 Å². The monoisotopic (exact) mass is 297 g/mol. The Morgan fingerprint density at radius 1 is 1.21 bits per heavy atom. The van der Waals surface area contributed by atoms with Crippen molar-refractivity contribution in [3.63, 3.8) is 0 Å². The number of hydrogen-bond donors (Lipinski definition) is 2. The highest BCUT2D eigenvalue weighted by molar-refractivity contribution is 6.35. The molecule has 7 heteroatoms. The number of nitrogens with one attached hydrogen (secondary N) is 1. The van der Waals surface area contributed by atoms with Gasteiger partial charge in [-0.25, -0.2) is 9.97 Å². The van der Waals surface area contributed by atoms with Crippen LogP contribution in [0.3, 0.4) is 0 Å². The predicted molar refractivity (Wildman–Crippen MR) is 80.5 cm³/mol. The average molecular weight is 298 g/mol. The first-order valence-electron chi connectivity index (χ1n) is 5.49. The van der Waals surface area contributed by atoms with E-state index in [9.17, 15) is 0 Å². The third-order valence-corrected chi connectivity index (χ3v) is 3.03. The van der Waals surface area contributed by atoms with E-state index in [-0.39, 0.29) is 0 Å². The average Bonchev–Trinajstić information content (AvgIpc) is 2.36. The minimum Gasteiger partial charge on any atom is -0.393 e. The topological polar surface area (TPSA) is 67.1 Å². The van der Waals surface area contributed by atoms with Crippen molar-refractivity contribution in [2.45, 2.75) is 0 Å². The molecule has 3 N–H and O–H groups in total. The molecule has 0 unspecified atom stereocenters. The minimum absolute atomic E-state index is 0.448. The van der Waals surface area contributed by atoms with E-state index in [1.54, 1.807) is 18.2 Å². The molecule has 19 heavy (non-hydrogen) atoms. The first-order valence-corrected chi connectivity index (χ1v) is 6.24. The van der Waals surface area contributed by atoms with Gasteiger partial charge in [0.1, 0.15) is 12.0 Å². The standard InChI is InChI=1S/C12H13Cl2N5/c1-19(2)12-10(15)11(16-6-17-12)18-9-5-7(13)3-4-8(9)14/h3-6H,15H2,1-2H3,(H,16,17,18). The van der Waals surface area contributed by atoms with Gasteiger partial charge in [0.2, 0.25) is 0 Å². The van der Waals surface area contributed by atoms with Gasteiger partial charge in [0.05, 0.1) is 10.7 Å². The van der Waals surface area contributed by atoms with E-state index in [4.69, 9.17) is 28.9 Å². The maximum absolute atomic E-state index is 6.09. The molecule has 0 aliphatic rings. The predicted octanol–water partition coefficient (Wildman–Crippen LogP) is 3.18. The Hall–Kier alpha value is -1.72. The van der Waals surface area contributed by atoms with Crippen molar-refractivity contribution < 1.29 is 0 Å². The fourth-order valence-corrected chi connectivity index (χ4v) is 1.90. The van der Waals surface area contributed by atoms with E-state index in [1.165, 1.54) is 6.33 Å². The third kappa shape index (κ3) is 3.00. The molecule has 0 amide bonds. The van der Waals surface area contributed by atoms with Crippen LogP contribution in [0.1, 0.15) is 0 Å². The second kappa shape index (κ2) is 5.50. The first-order chi connectivity index (χ1) is 8.99. The lowest BCUT2D eigenvalue weighted by Gasteiger charge is -2.16. The van der Waals surface area contributed by atoms with E-state index >= 15 is 0 Å². The van der Waals surface area contributed by atoms with Crippen LogP contribution in [0.4, 0.5) is 23.0 Å². The molecule has 0 aliphatic heterocycles. The Labute approximate surface area is 121 Å². The fourth-order valence-electron chi connectivity index (χ4n) is 1.56. The van der Waals surface area contributed by atoms with Gasteiger partial charge in [-0.1, -0.05) is 23.2 Å². The summed E-state index contributed by atoms with van der Waals surface area (Å²) in [5, 5.41) is 4.17. The lowest BCUT2D eigenvalue weighted by Crippen LogP contribution is -2.14. The molecule has 0 saturated carbocycles. The second-order valence-electron chi connectivity index (χ2n) is 4.10. The summed E-state index contributed by atoms with van der Waals surface area (Å²) in [5.41, 5.74) is 7.11. The molecule has 0 radical (unpaired) electrons. The molecule has 5 nitrogen and oxygen atoms in total. The first kappa shape index (κ1) is 13.7. The van der Waals surface area contributed by atoms with E-state index in [0.717, 1.165) is 0 Å². The molecule has 0 aliphatic carbocycles. The van der Waals surface area contributed by atoms with Crippen LogP contribution < -0.4 is 16.0 Å². The van der Waals surface area contributed by atoms with Gasteiger partial charge in [0.25, 0.3) is 0 Å². The molecule has 2 aromatic rings. The summed E-state index contributed by atoms with van der Waals surface area (Å²) >= 11 is 12.0. The number of anilines is 4. The maximum atomic E-state index is 6.09. The SMILES string of the molecule is CN(C)c1ncnc(Nc2cc(Cl)ccc2Cl)c1N. The van der Waals surface area contributed by atoms with Gasteiger partial charge in [0, 0.05) is 19.1 Å². The Balaban J connectivity index is 2.38. The highest BCUT2D eigenvalue weighted by Crippen LogP contribution is 2.31. The van der Waals surface area contributed by atoms with Crippen molar-refractivity contribution in [3.8, 4) is 0 Å². The number of nitrogens with two attached hydrogens (primary N) is 1. The van der Waals surface area contributed by atoms with Crippen LogP contribution in [0.15, 0.2) is 24.5 Å². The largest absolute Gasteiger partial charge is 0.393 e. The zero-order chi connectivity index (χ0) is 14.0. The molecule has 0 fully saturated rings. The Morgan fingerprint density at radius 2 is 1.95 bits per heavy atom. The molecule has 2 rings (SSSR count). The highest BCUT2D eigenvalue weighted by Gasteiger charge is 2.11. The third-order valence-electron chi connectivity index (χ3n) is 2.47. The van der Waals surface area contributed by atoms with Crippen molar-refractivity contribution in [1.82, 2.24) is 9.97 Å². The summed E-state index contributed by atoms with van der Waals surface area (Å²) in [7, 11) is 3.71. The van der Waals surface area contributed by atoms with Crippen LogP contribution in [0.25, 0.3) is 0 Å². The second-order valence-corrected chi connectivity index (χ2v) is 4.95. The van der Waals surface area contributed by atoms with Crippen molar-refractivity contribution in [2.24, 2.45) is 0 Å². The van der Waals surface area contributed by atoms with Crippen molar-refractivity contribution in [1.29, 1.82) is 0 Å². The number of rotatable bonds is 3. The number of hydrogen-bond acceptors (Lipinski definition) is 5. The number of benzene rings is 1. The molecule has 0 saturated heterocycles. The quantitative estimate of drug-likeness (QED) is 0.911. The molecule has 1 aromatic carbocycles. The molecule has 0 atom stereocenters. The summed E-state index contributed by atoms with van der Waals surface area (Å²) in [5.74, 6) is 1.12. The van der Waals surface area contributed by atoms with Gasteiger partial charge in [-0.05, 0) is 18.2 Å². The molecular weight excluding hydrogens is 285 g/mol. The lowest BCUT2D eigenvalue weighted by molar-refractivity contribution is 1.04. The molecule has 1 aromatic heterocycles. The highest BCUT2D eigenvalue weighted by atomic mass is 35.5. The molecule has 1 heterocycles. The number of nitrogens with zero attached hydrogens (tertiary/aromatic N) is 3. The van der Waals surface area contributed by atoms with Crippen molar-refractivity contribution in [2.75, 3.05) is 30.0 Å². The van der Waals surface area contributed by atoms with Crippen LogP contribution in [0.5, 0.6) is 0 Å². The number of nitrogen functional groups attached to an aromatic ring is 1. The Bertz CT molecular complexity index is 601. The van der Waals surface area contributed by atoms with Gasteiger partial charge in [-0.2, -0.15) is 0 Å². The van der Waals surface area contributed by atoms with Crippen molar-refractivity contribution >= 4 is 46.2 Å². The zero-order valence-corrected chi connectivity index (χ0v) is 12.0. The van der Waals surface area contributed by atoms with Crippen molar-refractivity contribution in [3.05, 3.63) is 34.6 Å². The van der Waals surface area contributed by atoms with E-state index in [2.05, 4.69) is 15.3 Å². The normalized spacial score (nSPS) is 10.3. The lowest BCUT2D eigenvalue weighted by atomic mass is 10.3. The summed E-state index contributed by atoms with van der Waals surface area (Å²) < 4.78 is 0. The Kier molecular flexibility index (Phi) is 3.97. The van der Waals surface area contributed by atoms with Gasteiger partial charge >= 0.3 is 0 Å². The van der Waals surface area contributed by atoms with Gasteiger partial charge in [-0.15, -0.1) is 0 Å². The van der Waals surface area contributed by atoms with Crippen LogP contribution in [0.2, 0.25) is 10.0 Å². The summed E-state index contributed by atoms with van der Waals surface area (Å²) in [6.07, 6.45) is 1.44. The summed E-state index contributed by atoms with van der Waals surface area (Å²) in [6, 6.07) is 5.13. The van der Waals surface area contributed by atoms with Gasteiger partial charge in [-0.3, -0.25) is 0 Å².